The fourth-order valence-corrected chi connectivity index (χ4v) is 2.73. The molecule has 3 aromatic rings. The molecule has 2 N–H and O–H groups in total. The Morgan fingerprint density at radius 1 is 1.07 bits per heavy atom. The molecule has 0 aliphatic rings. The van der Waals surface area contributed by atoms with Crippen LogP contribution in [0.1, 0.15) is 16.1 Å². The Bertz CT molecular complexity index is 917. The summed E-state index contributed by atoms with van der Waals surface area (Å²) in [7, 11) is 0. The molecule has 138 valence electrons. The van der Waals surface area contributed by atoms with Gasteiger partial charge in [0, 0.05) is 0 Å². The highest BCUT2D eigenvalue weighted by molar-refractivity contribution is 7.99. The van der Waals surface area contributed by atoms with Crippen LogP contribution >= 0.6 is 11.8 Å². The molecule has 0 saturated heterocycles. The summed E-state index contributed by atoms with van der Waals surface area (Å²) in [4.78, 5) is 23.8. The first-order valence-corrected chi connectivity index (χ1v) is 8.92. The van der Waals surface area contributed by atoms with Crippen LogP contribution in [0.4, 0.5) is 10.2 Å². The van der Waals surface area contributed by atoms with E-state index >= 15 is 0 Å². The van der Waals surface area contributed by atoms with E-state index in [9.17, 15) is 14.0 Å². The molecule has 0 fully saturated rings. The summed E-state index contributed by atoms with van der Waals surface area (Å²) < 4.78 is 18.7. The highest BCUT2D eigenvalue weighted by Crippen LogP contribution is 2.16. The normalized spacial score (nSPS) is 10.4. The SMILES string of the molecule is O=C(CSc1ccc(NC(=O)c2ccccc2F)nn1)NCc1ccco1. The lowest BCUT2D eigenvalue weighted by Crippen LogP contribution is -2.24. The Balaban J connectivity index is 1.47. The van der Waals surface area contributed by atoms with Crippen molar-refractivity contribution in [3.05, 3.63) is 71.9 Å². The number of nitrogens with one attached hydrogen (secondary N) is 2. The smallest absolute Gasteiger partial charge is 0.259 e. The van der Waals surface area contributed by atoms with Crippen molar-refractivity contribution in [2.75, 3.05) is 11.1 Å². The second kappa shape index (κ2) is 8.95. The quantitative estimate of drug-likeness (QED) is 0.606. The van der Waals surface area contributed by atoms with Crippen LogP contribution in [0, 0.1) is 5.82 Å². The lowest BCUT2D eigenvalue weighted by atomic mass is 10.2. The number of rotatable bonds is 7. The van der Waals surface area contributed by atoms with Crippen LogP contribution in [0.2, 0.25) is 0 Å². The number of anilines is 1. The van der Waals surface area contributed by atoms with Crippen LogP contribution in [-0.2, 0) is 11.3 Å². The van der Waals surface area contributed by atoms with E-state index in [2.05, 4.69) is 20.8 Å². The Labute approximate surface area is 158 Å². The summed E-state index contributed by atoms with van der Waals surface area (Å²) in [6, 6.07) is 12.3. The molecule has 2 heterocycles. The van der Waals surface area contributed by atoms with Gasteiger partial charge in [0.1, 0.15) is 16.6 Å². The van der Waals surface area contributed by atoms with Crippen LogP contribution in [0.3, 0.4) is 0 Å². The molecule has 9 heteroatoms. The fraction of sp³-hybridized carbons (Fsp3) is 0.111. The van der Waals surface area contributed by atoms with Gasteiger partial charge in [-0.2, -0.15) is 0 Å². The summed E-state index contributed by atoms with van der Waals surface area (Å²) in [5.41, 5.74) is -0.0778. The zero-order valence-corrected chi connectivity index (χ0v) is 14.8. The number of hydrogen-bond donors (Lipinski definition) is 2. The number of thioether (sulfide) groups is 1. The molecule has 0 bridgehead atoms. The maximum atomic E-state index is 13.6. The molecule has 0 atom stereocenters. The number of benzene rings is 1. The lowest BCUT2D eigenvalue weighted by Gasteiger charge is -2.06. The first-order valence-electron chi connectivity index (χ1n) is 7.93. The standard InChI is InChI=1S/C18H15FN4O3S/c19-14-6-2-1-5-13(14)18(25)21-15-7-8-17(23-22-15)27-11-16(24)20-10-12-4-3-9-26-12/h1-9H,10-11H2,(H,20,24)(H,21,22,25). The first kappa shape index (κ1) is 18.6. The predicted molar refractivity (Wildman–Crippen MR) is 97.7 cm³/mol. The van der Waals surface area contributed by atoms with Gasteiger partial charge in [-0.1, -0.05) is 23.9 Å². The van der Waals surface area contributed by atoms with Crippen molar-refractivity contribution >= 4 is 29.4 Å². The zero-order valence-electron chi connectivity index (χ0n) is 14.0. The summed E-state index contributed by atoms with van der Waals surface area (Å²) in [6.45, 7) is 0.319. The number of nitrogens with zero attached hydrogens (tertiary/aromatic N) is 2. The van der Waals surface area contributed by atoms with Crippen LogP contribution in [0.25, 0.3) is 0 Å². The van der Waals surface area contributed by atoms with E-state index in [0.717, 1.165) is 0 Å². The van der Waals surface area contributed by atoms with E-state index in [1.807, 2.05) is 0 Å². The highest BCUT2D eigenvalue weighted by Gasteiger charge is 2.12. The van der Waals surface area contributed by atoms with Gasteiger partial charge in [-0.15, -0.1) is 10.2 Å². The van der Waals surface area contributed by atoms with E-state index < -0.39 is 11.7 Å². The third kappa shape index (κ3) is 5.38. The summed E-state index contributed by atoms with van der Waals surface area (Å²) in [6.07, 6.45) is 1.54. The van der Waals surface area contributed by atoms with Crippen LogP contribution in [0.5, 0.6) is 0 Å². The monoisotopic (exact) mass is 386 g/mol. The van der Waals surface area contributed by atoms with E-state index in [0.29, 0.717) is 17.3 Å². The molecule has 0 saturated carbocycles. The van der Waals surface area contributed by atoms with Gasteiger partial charge in [-0.3, -0.25) is 9.59 Å². The Morgan fingerprint density at radius 3 is 2.63 bits per heavy atom. The molecule has 0 unspecified atom stereocenters. The van der Waals surface area contributed by atoms with Crippen LogP contribution in [-0.4, -0.2) is 27.8 Å². The van der Waals surface area contributed by atoms with E-state index in [1.54, 1.807) is 30.5 Å². The maximum absolute atomic E-state index is 13.6. The van der Waals surface area contributed by atoms with E-state index in [4.69, 9.17) is 4.42 Å². The second-order valence-electron chi connectivity index (χ2n) is 5.34. The molecule has 0 aliphatic heterocycles. The number of carbonyl (C=O) groups is 2. The van der Waals surface area contributed by atoms with Gasteiger partial charge in [0.25, 0.3) is 5.91 Å². The third-order valence-electron chi connectivity index (χ3n) is 3.39. The Morgan fingerprint density at radius 2 is 1.93 bits per heavy atom. The van der Waals surface area contributed by atoms with Crippen LogP contribution in [0.15, 0.2) is 64.2 Å². The van der Waals surface area contributed by atoms with Gasteiger partial charge in [0.2, 0.25) is 5.91 Å². The molecule has 2 aromatic heterocycles. The second-order valence-corrected chi connectivity index (χ2v) is 6.33. The molecule has 0 spiro atoms. The molecule has 2 amide bonds. The van der Waals surface area contributed by atoms with Gasteiger partial charge in [-0.05, 0) is 36.4 Å². The molecule has 1 aromatic carbocycles. The molecular weight excluding hydrogens is 371 g/mol. The van der Waals surface area contributed by atoms with Gasteiger partial charge in [-0.25, -0.2) is 4.39 Å². The fourth-order valence-electron chi connectivity index (χ4n) is 2.08. The number of furan rings is 1. The summed E-state index contributed by atoms with van der Waals surface area (Å²) in [5.74, 6) is -0.375. The highest BCUT2D eigenvalue weighted by atomic mass is 32.2. The van der Waals surface area contributed by atoms with Crippen molar-refractivity contribution in [2.24, 2.45) is 0 Å². The van der Waals surface area contributed by atoms with Crippen molar-refractivity contribution < 1.29 is 18.4 Å². The number of aromatic nitrogens is 2. The Hall–Kier alpha value is -3.20. The minimum atomic E-state index is -0.615. The first-order chi connectivity index (χ1) is 13.1. The number of amides is 2. The van der Waals surface area contributed by atoms with E-state index in [1.165, 1.54) is 36.0 Å². The molecule has 7 nitrogen and oxygen atoms in total. The molecule has 0 radical (unpaired) electrons. The van der Waals surface area contributed by atoms with Gasteiger partial charge >= 0.3 is 0 Å². The van der Waals surface area contributed by atoms with E-state index in [-0.39, 0.29) is 23.0 Å². The number of carbonyl (C=O) groups excluding carboxylic acids is 2. The van der Waals surface area contributed by atoms with Crippen molar-refractivity contribution in [1.82, 2.24) is 15.5 Å². The van der Waals surface area contributed by atoms with Crippen molar-refractivity contribution in [3.63, 3.8) is 0 Å². The topological polar surface area (TPSA) is 97.1 Å². The average molecular weight is 386 g/mol. The third-order valence-corrected chi connectivity index (χ3v) is 4.31. The number of halogens is 1. The number of hydrogen-bond acceptors (Lipinski definition) is 6. The largest absolute Gasteiger partial charge is 0.467 e. The lowest BCUT2D eigenvalue weighted by molar-refractivity contribution is -0.118. The predicted octanol–water partition coefficient (Wildman–Crippen LogP) is 2.87. The van der Waals surface area contributed by atoms with Gasteiger partial charge < -0.3 is 15.1 Å². The molecule has 3 rings (SSSR count). The van der Waals surface area contributed by atoms with Crippen molar-refractivity contribution in [1.29, 1.82) is 0 Å². The molecule has 0 aliphatic carbocycles. The average Bonchev–Trinajstić information content (AvgIpc) is 3.20. The minimum absolute atomic E-state index is 0.0778. The molecular formula is C18H15FN4O3S. The van der Waals surface area contributed by atoms with Crippen molar-refractivity contribution in [3.8, 4) is 0 Å². The minimum Gasteiger partial charge on any atom is -0.467 e. The van der Waals surface area contributed by atoms with Crippen molar-refractivity contribution in [2.45, 2.75) is 11.6 Å². The van der Waals surface area contributed by atoms with Gasteiger partial charge in [0.05, 0.1) is 24.1 Å². The summed E-state index contributed by atoms with van der Waals surface area (Å²) in [5, 5.41) is 13.5. The summed E-state index contributed by atoms with van der Waals surface area (Å²) >= 11 is 1.20. The Kier molecular flexibility index (Phi) is 6.16. The maximum Gasteiger partial charge on any atom is 0.259 e. The molecule has 27 heavy (non-hydrogen) atoms. The zero-order chi connectivity index (χ0) is 19.1. The van der Waals surface area contributed by atoms with Gasteiger partial charge in [0.15, 0.2) is 5.82 Å². The van der Waals surface area contributed by atoms with Crippen LogP contribution < -0.4 is 10.6 Å².